The Bertz CT molecular complexity index is 397. The van der Waals surface area contributed by atoms with Crippen molar-refractivity contribution >= 4 is 5.97 Å². The van der Waals surface area contributed by atoms with Gasteiger partial charge in [0.2, 0.25) is 0 Å². The molecule has 0 saturated heterocycles. The highest BCUT2D eigenvalue weighted by Crippen LogP contribution is 1.93. The molecule has 1 aromatic rings. The lowest BCUT2D eigenvalue weighted by atomic mass is 10.2. The van der Waals surface area contributed by atoms with Gasteiger partial charge in [-0.2, -0.15) is 0 Å². The first-order valence-corrected chi connectivity index (χ1v) is 4.16. The second-order valence-electron chi connectivity index (χ2n) is 3.13. The van der Waals surface area contributed by atoms with Gasteiger partial charge in [0.05, 0.1) is 0 Å². The highest BCUT2D eigenvalue weighted by molar-refractivity contribution is 5.72. The number of rotatable bonds is 3. The maximum Gasteiger partial charge on any atom is 0.322 e. The molecule has 0 bridgehead atoms. The van der Waals surface area contributed by atoms with Crippen LogP contribution in [0.25, 0.3) is 0 Å². The van der Waals surface area contributed by atoms with Crippen LogP contribution in [-0.2, 0) is 11.3 Å². The zero-order chi connectivity index (χ0) is 10.7. The third kappa shape index (κ3) is 2.43. The summed E-state index contributed by atoms with van der Waals surface area (Å²) < 4.78 is 1.59. The molecule has 0 fully saturated rings. The third-order valence-electron chi connectivity index (χ3n) is 1.89. The lowest BCUT2D eigenvalue weighted by Crippen LogP contribution is -2.34. The zero-order valence-corrected chi connectivity index (χ0v) is 7.80. The van der Waals surface area contributed by atoms with E-state index >= 15 is 0 Å². The van der Waals surface area contributed by atoms with Crippen molar-refractivity contribution in [2.24, 2.45) is 5.73 Å². The van der Waals surface area contributed by atoms with Crippen LogP contribution in [0.1, 0.15) is 5.56 Å². The van der Waals surface area contributed by atoms with Gasteiger partial charge in [-0.05, 0) is 6.92 Å². The predicted molar refractivity (Wildman–Crippen MR) is 51.1 cm³/mol. The Hall–Kier alpha value is -1.62. The molecular weight excluding hydrogens is 184 g/mol. The summed E-state index contributed by atoms with van der Waals surface area (Å²) in [6.07, 6.45) is 3.11. The number of hydrogen-bond donors (Lipinski definition) is 2. The number of carboxylic acids is 1. The molecule has 3 N–H and O–H groups in total. The number of hydrogen-bond acceptors (Lipinski definition) is 3. The number of nitrogens with two attached hydrogens (primary N) is 1. The standard InChI is InChI=1S/C9H12N2O3/c1-6-4-11(3-2-8(6)12)5-7(10)9(13)14/h2-4,7H,5,10H2,1H3,(H,13,14). The van der Waals surface area contributed by atoms with Crippen molar-refractivity contribution in [3.63, 3.8) is 0 Å². The minimum absolute atomic E-state index is 0.0647. The van der Waals surface area contributed by atoms with E-state index in [0.29, 0.717) is 5.56 Å². The topological polar surface area (TPSA) is 85.3 Å². The van der Waals surface area contributed by atoms with Gasteiger partial charge in [0.1, 0.15) is 6.04 Å². The summed E-state index contributed by atoms with van der Waals surface area (Å²) in [5.74, 6) is -1.05. The lowest BCUT2D eigenvalue weighted by Gasteiger charge is -2.09. The first-order valence-electron chi connectivity index (χ1n) is 4.16. The van der Waals surface area contributed by atoms with Gasteiger partial charge >= 0.3 is 5.97 Å². The molecule has 0 aliphatic rings. The molecule has 1 atom stereocenters. The van der Waals surface area contributed by atoms with Crippen molar-refractivity contribution in [2.75, 3.05) is 0 Å². The molecule has 0 radical (unpaired) electrons. The number of aromatic nitrogens is 1. The fourth-order valence-corrected chi connectivity index (χ4v) is 1.07. The average Bonchev–Trinajstić information content (AvgIpc) is 2.11. The minimum atomic E-state index is -1.05. The Kier molecular flexibility index (Phi) is 3.03. The van der Waals surface area contributed by atoms with Crippen molar-refractivity contribution in [3.05, 3.63) is 34.2 Å². The molecule has 0 aliphatic heterocycles. The van der Waals surface area contributed by atoms with Crippen molar-refractivity contribution in [3.8, 4) is 0 Å². The molecule has 1 aromatic heterocycles. The van der Waals surface area contributed by atoms with E-state index in [2.05, 4.69) is 0 Å². The number of aryl methyl sites for hydroxylation is 1. The summed E-state index contributed by atoms with van der Waals surface area (Å²) in [7, 11) is 0. The van der Waals surface area contributed by atoms with E-state index in [1.54, 1.807) is 17.7 Å². The van der Waals surface area contributed by atoms with Gasteiger partial charge in [-0.1, -0.05) is 0 Å². The summed E-state index contributed by atoms with van der Waals surface area (Å²) in [4.78, 5) is 21.5. The monoisotopic (exact) mass is 196 g/mol. The largest absolute Gasteiger partial charge is 0.480 e. The first-order chi connectivity index (χ1) is 6.50. The Morgan fingerprint density at radius 2 is 2.36 bits per heavy atom. The number of pyridine rings is 1. The molecule has 14 heavy (non-hydrogen) atoms. The Morgan fingerprint density at radius 1 is 1.71 bits per heavy atom. The Labute approximate surface area is 80.8 Å². The van der Waals surface area contributed by atoms with Crippen molar-refractivity contribution in [2.45, 2.75) is 19.5 Å². The SMILES string of the molecule is Cc1cn(CC(N)C(=O)O)ccc1=O. The van der Waals surface area contributed by atoms with Gasteiger partial charge in [0, 0.05) is 30.6 Å². The first kappa shape index (κ1) is 10.5. The van der Waals surface area contributed by atoms with Crippen LogP contribution in [0.15, 0.2) is 23.3 Å². The Morgan fingerprint density at radius 3 is 2.86 bits per heavy atom. The van der Waals surface area contributed by atoms with E-state index in [4.69, 9.17) is 10.8 Å². The minimum Gasteiger partial charge on any atom is -0.480 e. The van der Waals surface area contributed by atoms with Gasteiger partial charge in [-0.3, -0.25) is 9.59 Å². The summed E-state index contributed by atoms with van der Waals surface area (Å²) in [5.41, 5.74) is 5.85. The summed E-state index contributed by atoms with van der Waals surface area (Å²) >= 11 is 0. The van der Waals surface area contributed by atoms with Crippen molar-refractivity contribution < 1.29 is 9.90 Å². The van der Waals surface area contributed by atoms with Crippen LogP contribution in [0, 0.1) is 6.92 Å². The van der Waals surface area contributed by atoms with Crippen molar-refractivity contribution in [1.82, 2.24) is 4.57 Å². The van der Waals surface area contributed by atoms with Gasteiger partial charge in [0.25, 0.3) is 0 Å². The van der Waals surface area contributed by atoms with Crippen LogP contribution in [-0.4, -0.2) is 21.7 Å². The van der Waals surface area contributed by atoms with Crippen LogP contribution in [0.5, 0.6) is 0 Å². The zero-order valence-electron chi connectivity index (χ0n) is 7.80. The second kappa shape index (κ2) is 4.06. The fraction of sp³-hybridized carbons (Fsp3) is 0.333. The van der Waals surface area contributed by atoms with Crippen molar-refractivity contribution in [1.29, 1.82) is 0 Å². The normalized spacial score (nSPS) is 12.4. The molecule has 1 unspecified atom stereocenters. The highest BCUT2D eigenvalue weighted by Gasteiger charge is 2.11. The molecule has 1 heterocycles. The quantitative estimate of drug-likeness (QED) is 0.686. The van der Waals surface area contributed by atoms with Gasteiger partial charge in [0.15, 0.2) is 5.43 Å². The summed E-state index contributed by atoms with van der Waals surface area (Å²) in [6.45, 7) is 1.83. The van der Waals surface area contributed by atoms with E-state index in [0.717, 1.165) is 0 Å². The van der Waals surface area contributed by atoms with E-state index in [9.17, 15) is 9.59 Å². The van der Waals surface area contributed by atoms with Gasteiger partial charge in [-0.15, -0.1) is 0 Å². The second-order valence-corrected chi connectivity index (χ2v) is 3.13. The molecule has 0 aromatic carbocycles. The predicted octanol–water partition coefficient (Wildman–Crippen LogP) is -0.431. The Balaban J connectivity index is 2.83. The highest BCUT2D eigenvalue weighted by atomic mass is 16.4. The van der Waals surface area contributed by atoms with E-state index in [-0.39, 0.29) is 12.0 Å². The van der Waals surface area contributed by atoms with Crippen LogP contribution in [0.3, 0.4) is 0 Å². The van der Waals surface area contributed by atoms with Gasteiger partial charge < -0.3 is 15.4 Å². The van der Waals surface area contributed by atoms with E-state index in [1.807, 2.05) is 0 Å². The molecule has 0 amide bonds. The molecule has 0 spiro atoms. The lowest BCUT2D eigenvalue weighted by molar-refractivity contribution is -0.138. The third-order valence-corrected chi connectivity index (χ3v) is 1.89. The summed E-state index contributed by atoms with van der Waals surface area (Å²) in [6, 6.07) is 0.445. The number of aliphatic carboxylic acids is 1. The average molecular weight is 196 g/mol. The van der Waals surface area contributed by atoms with Gasteiger partial charge in [-0.25, -0.2) is 0 Å². The molecule has 76 valence electrons. The van der Waals surface area contributed by atoms with E-state index in [1.165, 1.54) is 12.3 Å². The molecule has 5 nitrogen and oxygen atoms in total. The summed E-state index contributed by atoms with van der Waals surface area (Å²) in [5, 5.41) is 8.57. The van der Waals surface area contributed by atoms with Crippen LogP contribution in [0.2, 0.25) is 0 Å². The molecular formula is C9H12N2O3. The fourth-order valence-electron chi connectivity index (χ4n) is 1.07. The molecule has 0 saturated carbocycles. The maximum absolute atomic E-state index is 11.0. The van der Waals surface area contributed by atoms with E-state index < -0.39 is 12.0 Å². The smallest absolute Gasteiger partial charge is 0.322 e. The number of carboxylic acid groups (broad SMARTS) is 1. The van der Waals surface area contributed by atoms with Crippen LogP contribution >= 0.6 is 0 Å². The molecule has 1 rings (SSSR count). The van der Waals surface area contributed by atoms with Crippen LogP contribution < -0.4 is 11.2 Å². The number of carbonyl (C=O) groups is 1. The van der Waals surface area contributed by atoms with Crippen LogP contribution in [0.4, 0.5) is 0 Å². The number of nitrogens with zero attached hydrogens (tertiary/aromatic N) is 1. The maximum atomic E-state index is 11.0. The molecule has 0 aliphatic carbocycles. The molecule has 5 heteroatoms.